The fourth-order valence-electron chi connectivity index (χ4n) is 2.30. The van der Waals surface area contributed by atoms with E-state index in [0.717, 1.165) is 0 Å². The number of hydrogen-bond acceptors (Lipinski definition) is 3. The van der Waals surface area contributed by atoms with Crippen LogP contribution in [0.1, 0.15) is 40.0 Å². The smallest absolute Gasteiger partial charge is 0.326 e. The molecule has 1 aliphatic heterocycles. The molecule has 1 heterocycles. The van der Waals surface area contributed by atoms with Gasteiger partial charge in [-0.1, -0.05) is 27.2 Å². The van der Waals surface area contributed by atoms with Crippen LogP contribution in [0.5, 0.6) is 0 Å². The molecule has 6 nitrogen and oxygen atoms in total. The fraction of sp³-hybridized carbons (Fsp3) is 0.846. The second kappa shape index (κ2) is 6.23. The molecular formula is C13H24N2O4. The number of piperidine rings is 1. The topological polar surface area (TPSA) is 89.9 Å². The van der Waals surface area contributed by atoms with Gasteiger partial charge in [-0.15, -0.1) is 0 Å². The first-order valence-electron chi connectivity index (χ1n) is 6.74. The van der Waals surface area contributed by atoms with Crippen molar-refractivity contribution in [2.75, 3.05) is 13.1 Å². The van der Waals surface area contributed by atoms with Crippen molar-refractivity contribution in [3.63, 3.8) is 0 Å². The lowest BCUT2D eigenvalue weighted by atomic mass is 9.81. The van der Waals surface area contributed by atoms with Gasteiger partial charge in [-0.05, 0) is 12.8 Å². The molecule has 110 valence electrons. The van der Waals surface area contributed by atoms with Gasteiger partial charge in [-0.2, -0.15) is 0 Å². The number of carbonyl (C=O) groups is 2. The second-order valence-electron chi connectivity index (χ2n) is 5.84. The maximum Gasteiger partial charge on any atom is 0.326 e. The number of aliphatic hydroxyl groups is 1. The molecular weight excluding hydrogens is 248 g/mol. The summed E-state index contributed by atoms with van der Waals surface area (Å²) in [5.74, 6) is -1.01. The number of aliphatic carboxylic acids is 1. The molecule has 1 saturated heterocycles. The molecule has 2 unspecified atom stereocenters. The highest BCUT2D eigenvalue weighted by Gasteiger charge is 2.37. The Labute approximate surface area is 113 Å². The summed E-state index contributed by atoms with van der Waals surface area (Å²) >= 11 is 0. The van der Waals surface area contributed by atoms with Crippen LogP contribution in [0.15, 0.2) is 0 Å². The summed E-state index contributed by atoms with van der Waals surface area (Å²) in [5.41, 5.74) is -0.362. The van der Waals surface area contributed by atoms with Crippen LogP contribution in [-0.4, -0.2) is 52.3 Å². The minimum Gasteiger partial charge on any atom is -0.480 e. The number of urea groups is 1. The quantitative estimate of drug-likeness (QED) is 0.713. The molecule has 1 rings (SSSR count). The summed E-state index contributed by atoms with van der Waals surface area (Å²) in [7, 11) is 0. The highest BCUT2D eigenvalue weighted by atomic mass is 16.4. The van der Waals surface area contributed by atoms with Crippen LogP contribution in [0.2, 0.25) is 0 Å². The zero-order valence-electron chi connectivity index (χ0n) is 11.8. The molecule has 1 aliphatic rings. The number of rotatable bonds is 4. The molecule has 19 heavy (non-hydrogen) atoms. The van der Waals surface area contributed by atoms with E-state index < -0.39 is 18.1 Å². The first kappa shape index (κ1) is 15.8. The van der Waals surface area contributed by atoms with Gasteiger partial charge in [-0.25, -0.2) is 9.59 Å². The summed E-state index contributed by atoms with van der Waals surface area (Å²) in [4.78, 5) is 24.6. The second-order valence-corrected chi connectivity index (χ2v) is 5.84. The molecule has 0 aromatic carbocycles. The summed E-state index contributed by atoms with van der Waals surface area (Å²) < 4.78 is 0. The number of nitrogens with one attached hydrogen (secondary N) is 1. The predicted molar refractivity (Wildman–Crippen MR) is 70.8 cm³/mol. The van der Waals surface area contributed by atoms with Crippen LogP contribution in [0, 0.1) is 5.41 Å². The third-order valence-corrected chi connectivity index (χ3v) is 3.63. The third kappa shape index (κ3) is 4.09. The lowest BCUT2D eigenvalue weighted by Crippen LogP contribution is -2.55. The van der Waals surface area contributed by atoms with Crippen LogP contribution in [0.3, 0.4) is 0 Å². The third-order valence-electron chi connectivity index (χ3n) is 3.63. The van der Waals surface area contributed by atoms with E-state index in [2.05, 4.69) is 5.32 Å². The van der Waals surface area contributed by atoms with Gasteiger partial charge >= 0.3 is 12.0 Å². The van der Waals surface area contributed by atoms with Crippen LogP contribution >= 0.6 is 0 Å². The Morgan fingerprint density at radius 2 is 2.11 bits per heavy atom. The monoisotopic (exact) mass is 272 g/mol. The molecule has 0 aromatic rings. The average Bonchev–Trinajstić information content (AvgIpc) is 2.31. The highest BCUT2D eigenvalue weighted by molar-refractivity contribution is 5.82. The zero-order valence-corrected chi connectivity index (χ0v) is 11.8. The van der Waals surface area contributed by atoms with Crippen molar-refractivity contribution >= 4 is 12.0 Å². The standard InChI is InChI=1S/C13H24N2O4/c1-4-5-9(11(17)18)14-12(19)15-7-6-10(16)13(2,3)8-15/h9-10,16H,4-8H2,1-3H3,(H,14,19)(H,17,18). The predicted octanol–water partition coefficient (Wildman–Crippen LogP) is 1.04. The van der Waals surface area contributed by atoms with Crippen molar-refractivity contribution in [3.05, 3.63) is 0 Å². The number of amides is 2. The van der Waals surface area contributed by atoms with E-state index in [1.54, 1.807) is 4.90 Å². The molecule has 0 spiro atoms. The van der Waals surface area contributed by atoms with Crippen LogP contribution < -0.4 is 5.32 Å². The lowest BCUT2D eigenvalue weighted by molar-refractivity contribution is -0.139. The number of aliphatic hydroxyl groups excluding tert-OH is 1. The van der Waals surface area contributed by atoms with E-state index in [9.17, 15) is 14.7 Å². The van der Waals surface area contributed by atoms with Crippen molar-refractivity contribution in [1.82, 2.24) is 10.2 Å². The number of nitrogens with zero attached hydrogens (tertiary/aromatic N) is 1. The van der Waals surface area contributed by atoms with Crippen molar-refractivity contribution in [1.29, 1.82) is 0 Å². The summed E-state index contributed by atoms with van der Waals surface area (Å²) in [6.45, 7) is 6.56. The van der Waals surface area contributed by atoms with Gasteiger partial charge < -0.3 is 20.4 Å². The summed E-state index contributed by atoms with van der Waals surface area (Å²) in [5, 5.41) is 21.4. The molecule has 0 aromatic heterocycles. The molecule has 2 atom stereocenters. The van der Waals surface area contributed by atoms with E-state index in [4.69, 9.17) is 5.11 Å². The van der Waals surface area contributed by atoms with Crippen molar-refractivity contribution in [2.45, 2.75) is 52.2 Å². The van der Waals surface area contributed by atoms with Crippen molar-refractivity contribution in [3.8, 4) is 0 Å². The van der Waals surface area contributed by atoms with Gasteiger partial charge in [0, 0.05) is 18.5 Å². The molecule has 6 heteroatoms. The maximum atomic E-state index is 12.1. The summed E-state index contributed by atoms with van der Waals surface area (Å²) in [6, 6.07) is -1.20. The molecule has 0 saturated carbocycles. The van der Waals surface area contributed by atoms with E-state index in [1.807, 2.05) is 20.8 Å². The first-order chi connectivity index (χ1) is 8.77. The molecule has 0 bridgehead atoms. The van der Waals surface area contributed by atoms with Crippen LogP contribution in [0.4, 0.5) is 4.79 Å². The number of hydrogen-bond donors (Lipinski definition) is 3. The number of carbonyl (C=O) groups excluding carboxylic acids is 1. The minimum atomic E-state index is -1.01. The fourth-order valence-corrected chi connectivity index (χ4v) is 2.30. The van der Waals surface area contributed by atoms with Crippen LogP contribution in [0.25, 0.3) is 0 Å². The number of carboxylic acid groups (broad SMARTS) is 1. The Morgan fingerprint density at radius 3 is 2.58 bits per heavy atom. The Bertz CT molecular complexity index is 344. The zero-order chi connectivity index (χ0) is 14.6. The number of likely N-dealkylation sites (tertiary alicyclic amines) is 1. The van der Waals surface area contributed by atoms with E-state index in [1.165, 1.54) is 0 Å². The highest BCUT2D eigenvalue weighted by Crippen LogP contribution is 2.29. The minimum absolute atomic E-state index is 0.360. The van der Waals surface area contributed by atoms with Crippen LogP contribution in [-0.2, 0) is 4.79 Å². The maximum absolute atomic E-state index is 12.1. The van der Waals surface area contributed by atoms with E-state index in [-0.39, 0.29) is 11.4 Å². The van der Waals surface area contributed by atoms with E-state index >= 15 is 0 Å². The Hall–Kier alpha value is -1.30. The molecule has 3 N–H and O–H groups in total. The van der Waals surface area contributed by atoms with Gasteiger partial charge in [0.2, 0.25) is 0 Å². The SMILES string of the molecule is CCCC(NC(=O)N1CCC(O)C(C)(C)C1)C(=O)O. The molecule has 2 amide bonds. The van der Waals surface area contributed by atoms with Gasteiger partial charge in [-0.3, -0.25) is 0 Å². The summed E-state index contributed by atoms with van der Waals surface area (Å²) in [6.07, 6.45) is 1.20. The van der Waals surface area contributed by atoms with Gasteiger partial charge in [0.1, 0.15) is 6.04 Å². The van der Waals surface area contributed by atoms with Gasteiger partial charge in [0.05, 0.1) is 6.10 Å². The van der Waals surface area contributed by atoms with Crippen molar-refractivity contribution < 1.29 is 19.8 Å². The Morgan fingerprint density at radius 1 is 1.47 bits per heavy atom. The Kier molecular flexibility index (Phi) is 5.17. The van der Waals surface area contributed by atoms with Crippen molar-refractivity contribution in [2.24, 2.45) is 5.41 Å². The average molecular weight is 272 g/mol. The normalized spacial score (nSPS) is 23.8. The number of carboxylic acids is 1. The van der Waals surface area contributed by atoms with Gasteiger partial charge in [0.25, 0.3) is 0 Å². The molecule has 0 aliphatic carbocycles. The largest absolute Gasteiger partial charge is 0.480 e. The lowest BCUT2D eigenvalue weighted by Gasteiger charge is -2.41. The molecule has 0 radical (unpaired) electrons. The van der Waals surface area contributed by atoms with Gasteiger partial charge in [0.15, 0.2) is 0 Å². The molecule has 1 fully saturated rings. The first-order valence-corrected chi connectivity index (χ1v) is 6.74. The van der Waals surface area contributed by atoms with E-state index in [0.29, 0.717) is 32.4 Å². The Balaban J connectivity index is 2.60.